The average Bonchev–Trinajstić information content (AvgIpc) is 2.83. The number of hydrogen-bond donors (Lipinski definition) is 1. The lowest BCUT2D eigenvalue weighted by Crippen LogP contribution is -2.15. The fraction of sp³-hybridized carbons (Fsp3) is 0.387. The van der Waals surface area contributed by atoms with Gasteiger partial charge in [-0.25, -0.2) is 0 Å². The highest BCUT2D eigenvalue weighted by atomic mass is 14.9. The zero-order valence-corrected chi connectivity index (χ0v) is 21.8. The number of aliphatic imine (C=N–C) groups is 1. The Morgan fingerprint density at radius 3 is 1.64 bits per heavy atom. The Bertz CT molecular complexity index is 1120. The molecule has 0 saturated carbocycles. The Balaban J connectivity index is 2.13. The standard InChI is InChI=1S/C31H40N2/c1-10-30(4,5)24-16-12-22(13-17-24)26-20-21(3)27(29(33-9)28(26)32-8)23-14-18-25(19-15-23)31(6,7)11-2/h12-20,32H,9-11H2,1-8H3. The van der Waals surface area contributed by atoms with E-state index in [1.807, 2.05) is 7.05 Å². The van der Waals surface area contributed by atoms with E-state index < -0.39 is 0 Å². The molecule has 174 valence electrons. The van der Waals surface area contributed by atoms with Crippen LogP contribution in [0.4, 0.5) is 11.4 Å². The number of nitrogens with zero attached hydrogens (tertiary/aromatic N) is 1. The van der Waals surface area contributed by atoms with E-state index in [1.165, 1.54) is 27.8 Å². The first-order valence-corrected chi connectivity index (χ1v) is 12.1. The van der Waals surface area contributed by atoms with Crippen molar-refractivity contribution in [1.29, 1.82) is 0 Å². The SMILES string of the molecule is C=Nc1c(NC)c(-c2ccc(C(C)(C)CC)cc2)cc(C)c1-c1ccc(C(C)(C)CC)cc1. The molecule has 0 aliphatic rings. The third kappa shape index (κ3) is 4.76. The van der Waals surface area contributed by atoms with Crippen molar-refractivity contribution >= 4 is 18.1 Å². The minimum Gasteiger partial charge on any atom is -0.386 e. The molecule has 0 aliphatic heterocycles. The summed E-state index contributed by atoms with van der Waals surface area (Å²) in [7, 11) is 1.97. The molecule has 0 amide bonds. The minimum absolute atomic E-state index is 0.172. The van der Waals surface area contributed by atoms with Gasteiger partial charge in [0.2, 0.25) is 0 Å². The van der Waals surface area contributed by atoms with Crippen LogP contribution < -0.4 is 5.32 Å². The van der Waals surface area contributed by atoms with Gasteiger partial charge >= 0.3 is 0 Å². The predicted octanol–water partition coefficient (Wildman–Crippen LogP) is 9.08. The maximum atomic E-state index is 4.51. The van der Waals surface area contributed by atoms with Crippen molar-refractivity contribution < 1.29 is 0 Å². The molecule has 1 N–H and O–H groups in total. The summed E-state index contributed by atoms with van der Waals surface area (Å²) in [5.74, 6) is 0. The highest BCUT2D eigenvalue weighted by Gasteiger charge is 2.21. The van der Waals surface area contributed by atoms with E-state index in [1.54, 1.807) is 0 Å². The molecular formula is C31H40N2. The van der Waals surface area contributed by atoms with Gasteiger partial charge in [-0.1, -0.05) is 90.1 Å². The lowest BCUT2D eigenvalue weighted by Gasteiger charge is -2.25. The van der Waals surface area contributed by atoms with Gasteiger partial charge < -0.3 is 5.32 Å². The molecule has 0 saturated heterocycles. The first kappa shape index (κ1) is 24.8. The number of hydrogen-bond acceptors (Lipinski definition) is 2. The summed E-state index contributed by atoms with van der Waals surface area (Å²) in [6, 6.07) is 20.2. The van der Waals surface area contributed by atoms with Crippen LogP contribution in [0.5, 0.6) is 0 Å². The van der Waals surface area contributed by atoms with E-state index in [-0.39, 0.29) is 10.8 Å². The van der Waals surface area contributed by atoms with Crippen LogP contribution >= 0.6 is 0 Å². The van der Waals surface area contributed by atoms with E-state index in [2.05, 4.69) is 120 Å². The zero-order chi connectivity index (χ0) is 24.4. The Labute approximate surface area is 201 Å². The molecule has 0 aromatic heterocycles. The van der Waals surface area contributed by atoms with Crippen LogP contribution in [0, 0.1) is 6.92 Å². The predicted molar refractivity (Wildman–Crippen MR) is 147 cm³/mol. The summed E-state index contributed by atoms with van der Waals surface area (Å²) in [5.41, 5.74) is 10.9. The molecule has 0 unspecified atom stereocenters. The van der Waals surface area contributed by atoms with Crippen molar-refractivity contribution in [3.63, 3.8) is 0 Å². The molecular weight excluding hydrogens is 400 g/mol. The van der Waals surface area contributed by atoms with E-state index in [0.717, 1.165) is 35.3 Å². The van der Waals surface area contributed by atoms with Crippen LogP contribution in [0.15, 0.2) is 59.6 Å². The molecule has 2 heteroatoms. The summed E-state index contributed by atoms with van der Waals surface area (Å²) in [5, 5.41) is 3.42. The number of aryl methyl sites for hydroxylation is 1. The van der Waals surface area contributed by atoms with Crippen molar-refractivity contribution in [3.05, 3.63) is 71.3 Å². The van der Waals surface area contributed by atoms with Crippen molar-refractivity contribution in [2.75, 3.05) is 12.4 Å². The molecule has 3 rings (SSSR count). The minimum atomic E-state index is 0.172. The summed E-state index contributed by atoms with van der Waals surface area (Å²) in [6.45, 7) is 19.8. The van der Waals surface area contributed by atoms with Crippen LogP contribution in [0.25, 0.3) is 22.3 Å². The summed E-state index contributed by atoms with van der Waals surface area (Å²) < 4.78 is 0. The molecule has 0 spiro atoms. The number of anilines is 1. The molecule has 33 heavy (non-hydrogen) atoms. The van der Waals surface area contributed by atoms with Gasteiger partial charge in [0, 0.05) is 18.2 Å². The fourth-order valence-corrected chi connectivity index (χ4v) is 4.40. The van der Waals surface area contributed by atoms with Crippen molar-refractivity contribution in [1.82, 2.24) is 0 Å². The molecule has 0 radical (unpaired) electrons. The molecule has 3 aromatic carbocycles. The summed E-state index contributed by atoms with van der Waals surface area (Å²) in [4.78, 5) is 4.51. The Hall–Kier alpha value is -2.87. The maximum absolute atomic E-state index is 4.51. The van der Waals surface area contributed by atoms with E-state index in [0.29, 0.717) is 0 Å². The van der Waals surface area contributed by atoms with Crippen molar-refractivity contribution in [2.45, 2.75) is 72.1 Å². The smallest absolute Gasteiger partial charge is 0.0940 e. The largest absolute Gasteiger partial charge is 0.386 e. The topological polar surface area (TPSA) is 24.4 Å². The monoisotopic (exact) mass is 440 g/mol. The first-order valence-electron chi connectivity index (χ1n) is 12.1. The average molecular weight is 441 g/mol. The normalized spacial score (nSPS) is 12.0. The van der Waals surface area contributed by atoms with Crippen LogP contribution in [-0.4, -0.2) is 13.8 Å². The highest BCUT2D eigenvalue weighted by Crippen LogP contribution is 2.45. The Morgan fingerprint density at radius 1 is 0.788 bits per heavy atom. The number of rotatable bonds is 8. The van der Waals surface area contributed by atoms with Gasteiger partial charge in [-0.15, -0.1) is 0 Å². The summed E-state index contributed by atoms with van der Waals surface area (Å²) in [6.07, 6.45) is 2.22. The molecule has 3 aromatic rings. The van der Waals surface area contributed by atoms with E-state index in [4.69, 9.17) is 0 Å². The second kappa shape index (κ2) is 9.55. The summed E-state index contributed by atoms with van der Waals surface area (Å²) >= 11 is 0. The molecule has 0 bridgehead atoms. The fourth-order valence-electron chi connectivity index (χ4n) is 4.40. The molecule has 0 atom stereocenters. The maximum Gasteiger partial charge on any atom is 0.0940 e. The second-order valence-corrected chi connectivity index (χ2v) is 10.4. The van der Waals surface area contributed by atoms with Gasteiger partial charge in [0.05, 0.1) is 11.4 Å². The van der Waals surface area contributed by atoms with Crippen LogP contribution in [-0.2, 0) is 10.8 Å². The number of benzene rings is 3. The molecule has 0 aliphatic carbocycles. The van der Waals surface area contributed by atoms with E-state index in [9.17, 15) is 0 Å². The van der Waals surface area contributed by atoms with Crippen molar-refractivity contribution in [3.8, 4) is 22.3 Å². The zero-order valence-electron chi connectivity index (χ0n) is 21.8. The lowest BCUT2D eigenvalue weighted by molar-refractivity contribution is 0.506. The van der Waals surface area contributed by atoms with Crippen LogP contribution in [0.2, 0.25) is 0 Å². The van der Waals surface area contributed by atoms with Gasteiger partial charge in [0.1, 0.15) is 0 Å². The van der Waals surface area contributed by atoms with Crippen LogP contribution in [0.3, 0.4) is 0 Å². The molecule has 0 heterocycles. The second-order valence-electron chi connectivity index (χ2n) is 10.4. The van der Waals surface area contributed by atoms with Gasteiger partial charge in [-0.3, -0.25) is 4.99 Å². The van der Waals surface area contributed by atoms with Gasteiger partial charge in [-0.05, 0) is 71.2 Å². The molecule has 0 fully saturated rings. The molecule has 2 nitrogen and oxygen atoms in total. The first-order chi connectivity index (χ1) is 15.6. The van der Waals surface area contributed by atoms with Gasteiger partial charge in [0.15, 0.2) is 0 Å². The Kier molecular flexibility index (Phi) is 7.17. The lowest BCUT2D eigenvalue weighted by atomic mass is 9.81. The van der Waals surface area contributed by atoms with Gasteiger partial charge in [-0.2, -0.15) is 0 Å². The highest BCUT2D eigenvalue weighted by molar-refractivity contribution is 5.96. The van der Waals surface area contributed by atoms with E-state index >= 15 is 0 Å². The van der Waals surface area contributed by atoms with Crippen LogP contribution in [0.1, 0.15) is 71.1 Å². The number of nitrogens with one attached hydrogen (secondary N) is 1. The quantitative estimate of drug-likeness (QED) is 0.347. The Morgan fingerprint density at radius 2 is 1.24 bits per heavy atom. The van der Waals surface area contributed by atoms with Gasteiger partial charge in [0.25, 0.3) is 0 Å². The van der Waals surface area contributed by atoms with Crippen molar-refractivity contribution in [2.24, 2.45) is 4.99 Å². The third-order valence-corrected chi connectivity index (χ3v) is 7.61. The third-order valence-electron chi connectivity index (χ3n) is 7.61.